The topological polar surface area (TPSA) is 64.9 Å². The molecule has 0 atom stereocenters. The second-order valence-corrected chi connectivity index (χ2v) is 4.10. The minimum absolute atomic E-state index is 0.310. The van der Waals surface area contributed by atoms with E-state index in [4.69, 9.17) is 4.74 Å². The van der Waals surface area contributed by atoms with Gasteiger partial charge in [-0.05, 0) is 20.8 Å². The summed E-state index contributed by atoms with van der Waals surface area (Å²) in [6, 6.07) is 2.03. The molecule has 2 aromatic rings. The lowest BCUT2D eigenvalue weighted by molar-refractivity contribution is 0.458. The van der Waals surface area contributed by atoms with Gasteiger partial charge in [0.15, 0.2) is 5.75 Å². The van der Waals surface area contributed by atoms with Gasteiger partial charge in [0, 0.05) is 24.8 Å². The maximum absolute atomic E-state index is 5.62. The number of aromatic nitrogens is 4. The van der Waals surface area contributed by atoms with E-state index in [0.717, 1.165) is 6.54 Å². The highest BCUT2D eigenvalue weighted by atomic mass is 16.5. The molecule has 0 amide bonds. The molecule has 2 heterocycles. The number of hydrogen-bond acceptors (Lipinski definition) is 5. The van der Waals surface area contributed by atoms with Crippen molar-refractivity contribution in [3.05, 3.63) is 24.7 Å². The van der Waals surface area contributed by atoms with Crippen LogP contribution in [0.1, 0.15) is 26.8 Å². The zero-order chi connectivity index (χ0) is 13.0. The molecule has 6 nitrogen and oxygen atoms in total. The summed E-state index contributed by atoms with van der Waals surface area (Å²) in [6.45, 7) is 6.88. The molecule has 96 valence electrons. The van der Waals surface area contributed by atoms with Gasteiger partial charge in [-0.1, -0.05) is 0 Å². The lowest BCUT2D eigenvalue weighted by Crippen LogP contribution is -2.02. The van der Waals surface area contributed by atoms with Crippen LogP contribution in [0.4, 0.5) is 5.95 Å². The van der Waals surface area contributed by atoms with Crippen molar-refractivity contribution < 1.29 is 4.74 Å². The van der Waals surface area contributed by atoms with Gasteiger partial charge in [0.2, 0.25) is 11.8 Å². The Labute approximate surface area is 106 Å². The average Bonchev–Trinajstić information content (AvgIpc) is 2.78. The van der Waals surface area contributed by atoms with Crippen molar-refractivity contribution in [1.82, 2.24) is 19.7 Å². The first-order valence-corrected chi connectivity index (χ1v) is 5.98. The highest BCUT2D eigenvalue weighted by molar-refractivity contribution is 5.29. The summed E-state index contributed by atoms with van der Waals surface area (Å²) in [5, 5.41) is 7.24. The van der Waals surface area contributed by atoms with E-state index in [2.05, 4.69) is 34.2 Å². The van der Waals surface area contributed by atoms with Crippen molar-refractivity contribution in [2.24, 2.45) is 0 Å². The Bertz CT molecular complexity index is 509. The first-order chi connectivity index (χ1) is 8.69. The summed E-state index contributed by atoms with van der Waals surface area (Å²) in [6.07, 6.45) is 5.18. The minimum Gasteiger partial charge on any atom is -0.436 e. The lowest BCUT2D eigenvalue weighted by atomic mass is 10.4. The van der Waals surface area contributed by atoms with Gasteiger partial charge in [-0.25, -0.2) is 4.98 Å². The van der Waals surface area contributed by atoms with E-state index in [1.54, 1.807) is 18.5 Å². The second-order valence-electron chi connectivity index (χ2n) is 4.10. The van der Waals surface area contributed by atoms with Crippen LogP contribution in [0.5, 0.6) is 11.6 Å². The van der Waals surface area contributed by atoms with Gasteiger partial charge in [-0.15, -0.1) is 0 Å². The molecule has 0 aromatic carbocycles. The van der Waals surface area contributed by atoms with Crippen molar-refractivity contribution in [2.75, 3.05) is 11.9 Å². The van der Waals surface area contributed by atoms with Crippen molar-refractivity contribution in [3.8, 4) is 11.6 Å². The molecular formula is C12H17N5O. The summed E-state index contributed by atoms with van der Waals surface area (Å²) in [4.78, 5) is 8.31. The van der Waals surface area contributed by atoms with Gasteiger partial charge in [-0.2, -0.15) is 10.1 Å². The third-order valence-electron chi connectivity index (χ3n) is 2.29. The van der Waals surface area contributed by atoms with Crippen molar-refractivity contribution in [1.29, 1.82) is 0 Å². The number of nitrogens with zero attached hydrogens (tertiary/aromatic N) is 4. The molecule has 6 heteroatoms. The van der Waals surface area contributed by atoms with Crippen molar-refractivity contribution >= 4 is 5.95 Å². The first kappa shape index (κ1) is 12.3. The van der Waals surface area contributed by atoms with E-state index in [1.165, 1.54) is 0 Å². The zero-order valence-corrected chi connectivity index (χ0v) is 10.8. The van der Waals surface area contributed by atoms with Crippen LogP contribution in [0.3, 0.4) is 0 Å². The van der Waals surface area contributed by atoms with E-state index in [9.17, 15) is 0 Å². The minimum atomic E-state index is 0.310. The summed E-state index contributed by atoms with van der Waals surface area (Å²) in [5.74, 6) is 1.74. The van der Waals surface area contributed by atoms with Gasteiger partial charge in [0.25, 0.3) is 0 Å². The van der Waals surface area contributed by atoms with Crippen LogP contribution in [0.25, 0.3) is 0 Å². The average molecular weight is 247 g/mol. The Morgan fingerprint density at radius 2 is 2.28 bits per heavy atom. The molecule has 0 saturated carbocycles. The van der Waals surface area contributed by atoms with E-state index < -0.39 is 0 Å². The first-order valence-electron chi connectivity index (χ1n) is 5.98. The molecule has 18 heavy (non-hydrogen) atoms. The van der Waals surface area contributed by atoms with Crippen LogP contribution in [-0.4, -0.2) is 26.3 Å². The predicted octanol–water partition coefficient (Wildman–Crippen LogP) is 2.48. The Morgan fingerprint density at radius 1 is 1.44 bits per heavy atom. The van der Waals surface area contributed by atoms with Crippen LogP contribution < -0.4 is 10.1 Å². The Hall–Kier alpha value is -2.11. The molecule has 0 saturated heterocycles. The van der Waals surface area contributed by atoms with Crippen LogP contribution in [-0.2, 0) is 0 Å². The van der Waals surface area contributed by atoms with Gasteiger partial charge in [0.05, 0.1) is 12.4 Å². The summed E-state index contributed by atoms with van der Waals surface area (Å²) in [5.41, 5.74) is 0. The maximum Gasteiger partial charge on any atom is 0.225 e. The quantitative estimate of drug-likeness (QED) is 0.879. The molecule has 0 aliphatic rings. The molecular weight excluding hydrogens is 230 g/mol. The van der Waals surface area contributed by atoms with Gasteiger partial charge in [-0.3, -0.25) is 4.68 Å². The molecule has 2 rings (SSSR count). The summed E-state index contributed by atoms with van der Waals surface area (Å²) < 4.78 is 7.46. The molecule has 2 aromatic heterocycles. The number of ether oxygens (including phenoxy) is 1. The van der Waals surface area contributed by atoms with Crippen LogP contribution in [0.15, 0.2) is 24.7 Å². The van der Waals surface area contributed by atoms with E-state index in [0.29, 0.717) is 23.6 Å². The lowest BCUT2D eigenvalue weighted by Gasteiger charge is -2.05. The number of hydrogen-bond donors (Lipinski definition) is 1. The molecule has 1 N–H and O–H groups in total. The molecule has 0 aliphatic carbocycles. The highest BCUT2D eigenvalue weighted by Gasteiger charge is 2.05. The zero-order valence-electron chi connectivity index (χ0n) is 10.8. The van der Waals surface area contributed by atoms with E-state index >= 15 is 0 Å². The number of rotatable bonds is 5. The van der Waals surface area contributed by atoms with Gasteiger partial charge in [0.1, 0.15) is 0 Å². The molecule has 0 fully saturated rings. The molecule has 0 bridgehead atoms. The van der Waals surface area contributed by atoms with Gasteiger partial charge >= 0.3 is 0 Å². The molecule has 0 radical (unpaired) electrons. The number of anilines is 1. The third kappa shape index (κ3) is 2.97. The predicted molar refractivity (Wildman–Crippen MR) is 68.9 cm³/mol. The summed E-state index contributed by atoms with van der Waals surface area (Å²) in [7, 11) is 0. The largest absolute Gasteiger partial charge is 0.436 e. The van der Waals surface area contributed by atoms with Gasteiger partial charge < -0.3 is 10.1 Å². The van der Waals surface area contributed by atoms with Crippen molar-refractivity contribution in [2.45, 2.75) is 26.8 Å². The Balaban J connectivity index is 2.10. The monoisotopic (exact) mass is 247 g/mol. The standard InChI is InChI=1S/C12H17N5O/c1-4-13-12-14-6-5-11(16-12)18-10-7-15-17(8-10)9(2)3/h5-9H,4H2,1-3H3,(H,13,14,16). The summed E-state index contributed by atoms with van der Waals surface area (Å²) >= 11 is 0. The number of nitrogens with one attached hydrogen (secondary N) is 1. The second kappa shape index (κ2) is 5.48. The van der Waals surface area contributed by atoms with E-state index in [-0.39, 0.29) is 0 Å². The molecule has 0 unspecified atom stereocenters. The SMILES string of the molecule is CCNc1nccc(Oc2cnn(C(C)C)c2)n1. The van der Waals surface area contributed by atoms with Crippen LogP contribution >= 0.6 is 0 Å². The molecule has 0 spiro atoms. The fraction of sp³-hybridized carbons (Fsp3) is 0.417. The Morgan fingerprint density at radius 3 is 2.94 bits per heavy atom. The van der Waals surface area contributed by atoms with Crippen LogP contribution in [0.2, 0.25) is 0 Å². The fourth-order valence-corrected chi connectivity index (χ4v) is 1.42. The highest BCUT2D eigenvalue weighted by Crippen LogP contribution is 2.20. The normalized spacial score (nSPS) is 10.7. The third-order valence-corrected chi connectivity index (χ3v) is 2.29. The van der Waals surface area contributed by atoms with E-state index in [1.807, 2.05) is 17.8 Å². The maximum atomic E-state index is 5.62. The Kier molecular flexibility index (Phi) is 3.76. The fourth-order valence-electron chi connectivity index (χ4n) is 1.42. The van der Waals surface area contributed by atoms with Crippen molar-refractivity contribution in [3.63, 3.8) is 0 Å². The smallest absolute Gasteiger partial charge is 0.225 e. The van der Waals surface area contributed by atoms with Crippen LogP contribution in [0, 0.1) is 0 Å². The molecule has 0 aliphatic heterocycles.